The molecule has 2 heterocycles. The first kappa shape index (κ1) is 15.3. The van der Waals surface area contributed by atoms with E-state index in [-0.39, 0.29) is 5.91 Å². The first-order valence-corrected chi connectivity index (χ1v) is 8.07. The van der Waals surface area contributed by atoms with E-state index in [1.807, 2.05) is 48.5 Å². The quantitative estimate of drug-likeness (QED) is 0.769. The van der Waals surface area contributed by atoms with Crippen LogP contribution in [0.1, 0.15) is 16.1 Å². The zero-order valence-electron chi connectivity index (χ0n) is 13.5. The number of ether oxygens (including phenoxy) is 2. The van der Waals surface area contributed by atoms with E-state index in [2.05, 4.69) is 15.5 Å². The van der Waals surface area contributed by atoms with Crippen molar-refractivity contribution < 1.29 is 14.3 Å². The molecule has 0 radical (unpaired) electrons. The molecule has 0 unspecified atom stereocenters. The molecule has 1 amide bonds. The van der Waals surface area contributed by atoms with E-state index in [1.165, 1.54) is 0 Å². The molecule has 3 aromatic rings. The van der Waals surface area contributed by atoms with Crippen LogP contribution in [-0.2, 0) is 6.54 Å². The van der Waals surface area contributed by atoms with Gasteiger partial charge in [-0.05, 0) is 23.8 Å². The normalized spacial score (nSPS) is 12.6. The van der Waals surface area contributed by atoms with Crippen molar-refractivity contribution >= 4 is 5.91 Å². The van der Waals surface area contributed by atoms with Crippen molar-refractivity contribution in [3.05, 3.63) is 65.9 Å². The topological polar surface area (TPSA) is 76.2 Å². The molecule has 1 aliphatic rings. The predicted molar refractivity (Wildman–Crippen MR) is 92.6 cm³/mol. The third kappa shape index (κ3) is 3.33. The maximum absolute atomic E-state index is 12.3. The van der Waals surface area contributed by atoms with Crippen molar-refractivity contribution in [2.75, 3.05) is 13.2 Å². The van der Waals surface area contributed by atoms with Crippen LogP contribution >= 0.6 is 0 Å². The van der Waals surface area contributed by atoms with Crippen LogP contribution in [0.5, 0.6) is 11.5 Å². The summed E-state index contributed by atoms with van der Waals surface area (Å²) in [4.78, 5) is 12.3. The lowest BCUT2D eigenvalue weighted by atomic mass is 10.1. The molecule has 25 heavy (non-hydrogen) atoms. The number of nitrogens with zero attached hydrogens (tertiary/aromatic N) is 1. The summed E-state index contributed by atoms with van der Waals surface area (Å²) in [5.41, 5.74) is 3.08. The van der Waals surface area contributed by atoms with Crippen LogP contribution < -0.4 is 14.8 Å². The van der Waals surface area contributed by atoms with E-state index >= 15 is 0 Å². The molecule has 0 fully saturated rings. The number of aromatic amines is 1. The standard InChI is InChI=1S/C19H17N3O3/c23-19(16-11-15(21-22-16)14-4-2-1-3-5-14)20-12-13-6-7-17-18(10-13)25-9-8-24-17/h1-7,10-11H,8-9,12H2,(H,20,23)(H,21,22). The number of carbonyl (C=O) groups is 1. The van der Waals surface area contributed by atoms with Gasteiger partial charge in [-0.1, -0.05) is 36.4 Å². The number of hydrogen-bond acceptors (Lipinski definition) is 4. The number of aromatic nitrogens is 2. The van der Waals surface area contributed by atoms with Gasteiger partial charge in [0.2, 0.25) is 0 Å². The average Bonchev–Trinajstić information content (AvgIpc) is 3.17. The molecule has 6 nitrogen and oxygen atoms in total. The highest BCUT2D eigenvalue weighted by Crippen LogP contribution is 2.30. The molecule has 0 bridgehead atoms. The first-order valence-electron chi connectivity index (χ1n) is 8.07. The second-order valence-electron chi connectivity index (χ2n) is 5.69. The number of rotatable bonds is 4. The molecule has 0 atom stereocenters. The Morgan fingerprint density at radius 1 is 1.04 bits per heavy atom. The Labute approximate surface area is 144 Å². The van der Waals surface area contributed by atoms with Crippen LogP contribution in [-0.4, -0.2) is 29.3 Å². The van der Waals surface area contributed by atoms with Crippen LogP contribution in [0.4, 0.5) is 0 Å². The minimum absolute atomic E-state index is 0.204. The van der Waals surface area contributed by atoms with Crippen molar-refractivity contribution in [3.8, 4) is 22.8 Å². The second kappa shape index (κ2) is 6.68. The zero-order chi connectivity index (χ0) is 17.1. The molecule has 0 aliphatic carbocycles. The Balaban J connectivity index is 1.42. The van der Waals surface area contributed by atoms with Crippen molar-refractivity contribution in [1.29, 1.82) is 0 Å². The summed E-state index contributed by atoms with van der Waals surface area (Å²) in [7, 11) is 0. The fourth-order valence-corrected chi connectivity index (χ4v) is 2.67. The minimum Gasteiger partial charge on any atom is -0.486 e. The molecule has 2 aromatic carbocycles. The maximum atomic E-state index is 12.3. The molecular weight excluding hydrogens is 318 g/mol. The molecule has 2 N–H and O–H groups in total. The van der Waals surface area contributed by atoms with Gasteiger partial charge in [-0.2, -0.15) is 5.10 Å². The fraction of sp³-hybridized carbons (Fsp3) is 0.158. The van der Waals surface area contributed by atoms with Crippen molar-refractivity contribution in [2.24, 2.45) is 0 Å². The van der Waals surface area contributed by atoms with Gasteiger partial charge in [0.15, 0.2) is 11.5 Å². The van der Waals surface area contributed by atoms with Gasteiger partial charge >= 0.3 is 0 Å². The fourth-order valence-electron chi connectivity index (χ4n) is 2.67. The number of amides is 1. The highest BCUT2D eigenvalue weighted by molar-refractivity contribution is 5.93. The molecule has 0 spiro atoms. The molecular formula is C19H17N3O3. The molecule has 1 aromatic heterocycles. The molecule has 1 aliphatic heterocycles. The van der Waals surface area contributed by atoms with Crippen molar-refractivity contribution in [2.45, 2.75) is 6.54 Å². The molecule has 4 rings (SSSR count). The van der Waals surface area contributed by atoms with Crippen LogP contribution in [0.3, 0.4) is 0 Å². The average molecular weight is 335 g/mol. The van der Waals surface area contributed by atoms with E-state index in [9.17, 15) is 4.79 Å². The second-order valence-corrected chi connectivity index (χ2v) is 5.69. The van der Waals surface area contributed by atoms with E-state index in [0.29, 0.717) is 31.2 Å². The largest absolute Gasteiger partial charge is 0.486 e. The van der Waals surface area contributed by atoms with Gasteiger partial charge in [0.25, 0.3) is 5.91 Å². The molecule has 0 saturated carbocycles. The summed E-state index contributed by atoms with van der Waals surface area (Å²) in [6.07, 6.45) is 0. The summed E-state index contributed by atoms with van der Waals surface area (Å²) < 4.78 is 11.0. The van der Waals surface area contributed by atoms with Crippen molar-refractivity contribution in [1.82, 2.24) is 15.5 Å². The van der Waals surface area contributed by atoms with Gasteiger partial charge in [0, 0.05) is 12.1 Å². The highest BCUT2D eigenvalue weighted by Gasteiger charge is 2.13. The van der Waals surface area contributed by atoms with Crippen molar-refractivity contribution in [3.63, 3.8) is 0 Å². The lowest BCUT2D eigenvalue weighted by Crippen LogP contribution is -2.23. The van der Waals surface area contributed by atoms with Gasteiger partial charge in [0.1, 0.15) is 18.9 Å². The number of hydrogen-bond donors (Lipinski definition) is 2. The van der Waals surface area contributed by atoms with Gasteiger partial charge in [0.05, 0.1) is 5.69 Å². The van der Waals surface area contributed by atoms with Crippen LogP contribution in [0.15, 0.2) is 54.6 Å². The first-order chi connectivity index (χ1) is 12.3. The molecule has 0 saturated heterocycles. The Morgan fingerprint density at radius 3 is 2.68 bits per heavy atom. The Hall–Kier alpha value is -3.28. The van der Waals surface area contributed by atoms with Crippen LogP contribution in [0, 0.1) is 0 Å². The summed E-state index contributed by atoms with van der Waals surface area (Å²) in [6, 6.07) is 17.1. The SMILES string of the molecule is O=C(NCc1ccc2c(c1)OCCO2)c1cc(-c2ccccc2)n[nH]1. The number of carbonyl (C=O) groups excluding carboxylic acids is 1. The third-order valence-electron chi connectivity index (χ3n) is 3.95. The van der Waals surface area contributed by atoms with Gasteiger partial charge in [-0.15, -0.1) is 0 Å². The van der Waals surface area contributed by atoms with E-state index in [0.717, 1.165) is 22.6 Å². The van der Waals surface area contributed by atoms with Gasteiger partial charge < -0.3 is 14.8 Å². The Bertz CT molecular complexity index is 890. The summed E-state index contributed by atoms with van der Waals surface area (Å²) in [5, 5.41) is 9.86. The number of nitrogens with one attached hydrogen (secondary N) is 2. The molecule has 126 valence electrons. The molecule has 6 heteroatoms. The Morgan fingerprint density at radius 2 is 1.84 bits per heavy atom. The summed E-state index contributed by atoms with van der Waals surface area (Å²) in [6.45, 7) is 1.50. The Kier molecular flexibility index (Phi) is 4.08. The number of fused-ring (bicyclic) bond motifs is 1. The predicted octanol–water partition coefficient (Wildman–Crippen LogP) is 2.78. The van der Waals surface area contributed by atoms with E-state index in [1.54, 1.807) is 6.07 Å². The van der Waals surface area contributed by atoms with Crippen LogP contribution in [0.2, 0.25) is 0 Å². The summed E-state index contributed by atoms with van der Waals surface area (Å²) in [5.74, 6) is 1.25. The lowest BCUT2D eigenvalue weighted by Gasteiger charge is -2.18. The lowest BCUT2D eigenvalue weighted by molar-refractivity contribution is 0.0946. The maximum Gasteiger partial charge on any atom is 0.269 e. The van der Waals surface area contributed by atoms with Crippen LogP contribution in [0.25, 0.3) is 11.3 Å². The number of benzene rings is 2. The van der Waals surface area contributed by atoms with Gasteiger partial charge in [-0.25, -0.2) is 0 Å². The smallest absolute Gasteiger partial charge is 0.269 e. The van der Waals surface area contributed by atoms with E-state index in [4.69, 9.17) is 9.47 Å². The van der Waals surface area contributed by atoms with E-state index < -0.39 is 0 Å². The zero-order valence-corrected chi connectivity index (χ0v) is 13.5. The monoisotopic (exact) mass is 335 g/mol. The van der Waals surface area contributed by atoms with Gasteiger partial charge in [-0.3, -0.25) is 9.89 Å². The third-order valence-corrected chi connectivity index (χ3v) is 3.95. The highest BCUT2D eigenvalue weighted by atomic mass is 16.6. The minimum atomic E-state index is -0.204. The summed E-state index contributed by atoms with van der Waals surface area (Å²) >= 11 is 0. The number of H-pyrrole nitrogens is 1.